The topological polar surface area (TPSA) is 9.23 Å². The highest BCUT2D eigenvalue weighted by Gasteiger charge is 2.18. The molecule has 0 N–H and O–H groups in total. The first kappa shape index (κ1) is 9.79. The summed E-state index contributed by atoms with van der Waals surface area (Å²) in [6.45, 7) is 5.45. The third kappa shape index (κ3) is 2.63. The van der Waals surface area contributed by atoms with Crippen LogP contribution in [-0.4, -0.2) is 13.7 Å². The Morgan fingerprint density at radius 1 is 1.42 bits per heavy atom. The van der Waals surface area contributed by atoms with Crippen molar-refractivity contribution in [3.05, 3.63) is 12.2 Å². The SMILES string of the molecule is COCC(C)C1C=CC(C)CC1. The van der Waals surface area contributed by atoms with Crippen LogP contribution in [0.15, 0.2) is 12.2 Å². The zero-order valence-electron chi connectivity index (χ0n) is 8.42. The Kier molecular flexibility index (Phi) is 3.80. The lowest BCUT2D eigenvalue weighted by Gasteiger charge is -2.25. The van der Waals surface area contributed by atoms with Crippen molar-refractivity contribution in [1.29, 1.82) is 0 Å². The van der Waals surface area contributed by atoms with Crippen LogP contribution in [0.1, 0.15) is 26.7 Å². The standard InChI is InChI=1S/C11H20O/c1-9-4-6-11(7-5-9)10(2)8-12-3/h4,6,9-11H,5,7-8H2,1-3H3. The van der Waals surface area contributed by atoms with Gasteiger partial charge < -0.3 is 4.74 Å². The Hall–Kier alpha value is -0.300. The quantitative estimate of drug-likeness (QED) is 0.589. The van der Waals surface area contributed by atoms with E-state index in [9.17, 15) is 0 Å². The molecule has 0 fully saturated rings. The molecule has 1 heteroatoms. The molecule has 3 unspecified atom stereocenters. The molecule has 70 valence electrons. The molecule has 0 amide bonds. The van der Waals surface area contributed by atoms with Gasteiger partial charge in [0.25, 0.3) is 0 Å². The Morgan fingerprint density at radius 3 is 2.67 bits per heavy atom. The van der Waals surface area contributed by atoms with E-state index in [1.807, 2.05) is 0 Å². The summed E-state index contributed by atoms with van der Waals surface area (Å²) in [6, 6.07) is 0. The molecule has 1 aliphatic carbocycles. The van der Waals surface area contributed by atoms with Crippen LogP contribution < -0.4 is 0 Å². The predicted molar refractivity (Wildman–Crippen MR) is 52.1 cm³/mol. The van der Waals surface area contributed by atoms with E-state index in [0.717, 1.165) is 18.4 Å². The largest absolute Gasteiger partial charge is 0.384 e. The van der Waals surface area contributed by atoms with Crippen molar-refractivity contribution in [1.82, 2.24) is 0 Å². The maximum absolute atomic E-state index is 5.15. The molecule has 0 aromatic carbocycles. The van der Waals surface area contributed by atoms with Gasteiger partial charge in [0.2, 0.25) is 0 Å². The second kappa shape index (κ2) is 4.66. The van der Waals surface area contributed by atoms with Crippen molar-refractivity contribution in [2.75, 3.05) is 13.7 Å². The fourth-order valence-electron chi connectivity index (χ4n) is 1.84. The molecule has 0 heterocycles. The number of allylic oxidation sites excluding steroid dienone is 2. The highest BCUT2D eigenvalue weighted by Crippen LogP contribution is 2.27. The lowest BCUT2D eigenvalue weighted by atomic mass is 9.83. The third-order valence-corrected chi connectivity index (χ3v) is 2.80. The van der Waals surface area contributed by atoms with Gasteiger partial charge in [-0.05, 0) is 30.6 Å². The van der Waals surface area contributed by atoms with E-state index in [0.29, 0.717) is 5.92 Å². The van der Waals surface area contributed by atoms with Crippen LogP contribution in [-0.2, 0) is 4.74 Å². The van der Waals surface area contributed by atoms with Crippen LogP contribution in [0.25, 0.3) is 0 Å². The predicted octanol–water partition coefficient (Wildman–Crippen LogP) is 2.87. The average molecular weight is 168 g/mol. The first-order chi connectivity index (χ1) is 5.74. The van der Waals surface area contributed by atoms with Crippen molar-refractivity contribution < 1.29 is 4.74 Å². The average Bonchev–Trinajstić information content (AvgIpc) is 2.06. The van der Waals surface area contributed by atoms with Crippen LogP contribution in [0, 0.1) is 17.8 Å². The zero-order chi connectivity index (χ0) is 8.97. The Balaban J connectivity index is 2.38. The molecule has 0 bridgehead atoms. The molecule has 0 radical (unpaired) electrons. The van der Waals surface area contributed by atoms with E-state index in [1.54, 1.807) is 7.11 Å². The number of hydrogen-bond acceptors (Lipinski definition) is 1. The van der Waals surface area contributed by atoms with E-state index in [-0.39, 0.29) is 0 Å². The van der Waals surface area contributed by atoms with Gasteiger partial charge in [0.1, 0.15) is 0 Å². The molecule has 0 saturated heterocycles. The van der Waals surface area contributed by atoms with Gasteiger partial charge in [0.15, 0.2) is 0 Å². The van der Waals surface area contributed by atoms with E-state index in [1.165, 1.54) is 12.8 Å². The van der Waals surface area contributed by atoms with E-state index in [2.05, 4.69) is 26.0 Å². The fraction of sp³-hybridized carbons (Fsp3) is 0.818. The second-order valence-electron chi connectivity index (χ2n) is 4.04. The minimum Gasteiger partial charge on any atom is -0.384 e. The highest BCUT2D eigenvalue weighted by atomic mass is 16.5. The van der Waals surface area contributed by atoms with Crippen LogP contribution >= 0.6 is 0 Å². The molecule has 0 saturated carbocycles. The van der Waals surface area contributed by atoms with Crippen LogP contribution in [0.3, 0.4) is 0 Å². The number of rotatable bonds is 3. The Bertz CT molecular complexity index is 151. The van der Waals surface area contributed by atoms with Crippen molar-refractivity contribution in [3.8, 4) is 0 Å². The molecule has 1 rings (SSSR count). The van der Waals surface area contributed by atoms with Gasteiger partial charge in [0, 0.05) is 13.7 Å². The number of hydrogen-bond donors (Lipinski definition) is 0. The molecular weight excluding hydrogens is 148 g/mol. The van der Waals surface area contributed by atoms with E-state index in [4.69, 9.17) is 4.74 Å². The van der Waals surface area contributed by atoms with Crippen molar-refractivity contribution in [3.63, 3.8) is 0 Å². The van der Waals surface area contributed by atoms with Crippen molar-refractivity contribution in [2.24, 2.45) is 17.8 Å². The molecule has 0 aliphatic heterocycles. The van der Waals surface area contributed by atoms with Gasteiger partial charge in [-0.1, -0.05) is 26.0 Å². The molecular formula is C11H20O. The smallest absolute Gasteiger partial charge is 0.0493 e. The van der Waals surface area contributed by atoms with Crippen LogP contribution in [0.2, 0.25) is 0 Å². The summed E-state index contributed by atoms with van der Waals surface area (Å²) in [6.07, 6.45) is 7.40. The maximum atomic E-state index is 5.15. The molecule has 0 spiro atoms. The minimum absolute atomic E-state index is 0.679. The second-order valence-corrected chi connectivity index (χ2v) is 4.04. The summed E-state index contributed by atoms with van der Waals surface area (Å²) < 4.78 is 5.15. The molecule has 1 aliphatic rings. The summed E-state index contributed by atoms with van der Waals surface area (Å²) in [5, 5.41) is 0. The normalized spacial score (nSPS) is 31.9. The Labute approximate surface area is 75.8 Å². The van der Waals surface area contributed by atoms with Gasteiger partial charge in [0.05, 0.1) is 0 Å². The Morgan fingerprint density at radius 2 is 2.17 bits per heavy atom. The number of methoxy groups -OCH3 is 1. The summed E-state index contributed by atoms with van der Waals surface area (Å²) in [5.74, 6) is 2.22. The van der Waals surface area contributed by atoms with Gasteiger partial charge in [-0.2, -0.15) is 0 Å². The summed E-state index contributed by atoms with van der Waals surface area (Å²) in [7, 11) is 1.78. The lowest BCUT2D eigenvalue weighted by molar-refractivity contribution is 0.135. The zero-order valence-corrected chi connectivity index (χ0v) is 8.42. The molecule has 0 aromatic heterocycles. The van der Waals surface area contributed by atoms with E-state index < -0.39 is 0 Å². The fourth-order valence-corrected chi connectivity index (χ4v) is 1.84. The molecule has 12 heavy (non-hydrogen) atoms. The minimum atomic E-state index is 0.679. The van der Waals surface area contributed by atoms with Gasteiger partial charge >= 0.3 is 0 Å². The van der Waals surface area contributed by atoms with Crippen molar-refractivity contribution in [2.45, 2.75) is 26.7 Å². The first-order valence-corrected chi connectivity index (χ1v) is 4.91. The van der Waals surface area contributed by atoms with E-state index >= 15 is 0 Å². The molecule has 3 atom stereocenters. The third-order valence-electron chi connectivity index (χ3n) is 2.80. The summed E-state index contributed by atoms with van der Waals surface area (Å²) in [4.78, 5) is 0. The summed E-state index contributed by atoms with van der Waals surface area (Å²) in [5.41, 5.74) is 0. The van der Waals surface area contributed by atoms with Crippen LogP contribution in [0.5, 0.6) is 0 Å². The van der Waals surface area contributed by atoms with Crippen LogP contribution in [0.4, 0.5) is 0 Å². The molecule has 0 aromatic rings. The van der Waals surface area contributed by atoms with Gasteiger partial charge in [-0.15, -0.1) is 0 Å². The van der Waals surface area contributed by atoms with Gasteiger partial charge in [-0.25, -0.2) is 0 Å². The highest BCUT2D eigenvalue weighted by molar-refractivity contribution is 4.98. The monoisotopic (exact) mass is 168 g/mol. The molecule has 1 nitrogen and oxygen atoms in total. The summed E-state index contributed by atoms with van der Waals surface area (Å²) >= 11 is 0. The number of ether oxygens (including phenoxy) is 1. The first-order valence-electron chi connectivity index (χ1n) is 4.91. The lowest BCUT2D eigenvalue weighted by Crippen LogP contribution is -2.18. The maximum Gasteiger partial charge on any atom is 0.0493 e. The van der Waals surface area contributed by atoms with Gasteiger partial charge in [-0.3, -0.25) is 0 Å². The van der Waals surface area contributed by atoms with Crippen molar-refractivity contribution >= 4 is 0 Å².